The van der Waals surface area contributed by atoms with E-state index in [1.54, 1.807) is 24.3 Å². The molecule has 9 heteroatoms. The van der Waals surface area contributed by atoms with Gasteiger partial charge in [0.15, 0.2) is 28.8 Å². The first kappa shape index (κ1) is 29.4. The first-order chi connectivity index (χ1) is 18.8. The molecule has 39 heavy (non-hydrogen) atoms. The summed E-state index contributed by atoms with van der Waals surface area (Å²) < 4.78 is 33.0. The molecule has 0 spiro atoms. The van der Waals surface area contributed by atoms with Crippen LogP contribution in [0.3, 0.4) is 0 Å². The van der Waals surface area contributed by atoms with Gasteiger partial charge in [-0.1, -0.05) is 32.8 Å². The van der Waals surface area contributed by atoms with E-state index in [1.165, 1.54) is 42.7 Å². The lowest BCUT2D eigenvalue weighted by molar-refractivity contribution is 0.0597. The van der Waals surface area contributed by atoms with Crippen molar-refractivity contribution < 1.29 is 43.1 Å². The largest absolute Gasteiger partial charge is 0.507 e. The topological polar surface area (TPSA) is 110 Å². The normalized spacial score (nSPS) is 10.9. The van der Waals surface area contributed by atoms with Crippen LogP contribution < -0.4 is 23.7 Å². The number of hydrogen-bond acceptors (Lipinski definition) is 9. The van der Waals surface area contributed by atoms with Crippen molar-refractivity contribution in [1.82, 2.24) is 0 Å². The number of hydrogen-bond donors (Lipinski definition) is 1. The maximum absolute atomic E-state index is 13.8. The maximum Gasteiger partial charge on any atom is 0.339 e. The van der Waals surface area contributed by atoms with E-state index < -0.39 is 5.97 Å². The predicted molar refractivity (Wildman–Crippen MR) is 148 cm³/mol. The van der Waals surface area contributed by atoms with Crippen molar-refractivity contribution >= 4 is 22.5 Å². The summed E-state index contributed by atoms with van der Waals surface area (Å²) in [6.45, 7) is 4.00. The zero-order chi connectivity index (χ0) is 28.9. The third-order valence-electron chi connectivity index (χ3n) is 7.04. The summed E-state index contributed by atoms with van der Waals surface area (Å²) in [5.74, 6) is 0.140. The molecule has 0 heterocycles. The van der Waals surface area contributed by atoms with E-state index in [9.17, 15) is 14.7 Å². The van der Waals surface area contributed by atoms with Gasteiger partial charge in [-0.05, 0) is 29.7 Å². The highest BCUT2D eigenvalue weighted by molar-refractivity contribution is 6.21. The maximum atomic E-state index is 13.8. The molecule has 3 aromatic rings. The molecule has 0 aliphatic carbocycles. The first-order valence-corrected chi connectivity index (χ1v) is 12.6. The SMILES string of the molecule is CCC(CC)CC(=O)c1c(C(=O)OC)c(-c2ccc(OC)c(OC)c2)c2c(OC)c(OC)c(OC)cc2c1O. The number of ether oxygens (including phenoxy) is 6. The first-order valence-electron chi connectivity index (χ1n) is 12.6. The van der Waals surface area contributed by atoms with Crippen molar-refractivity contribution in [2.75, 3.05) is 42.7 Å². The second-order valence-corrected chi connectivity index (χ2v) is 8.91. The minimum Gasteiger partial charge on any atom is -0.507 e. The van der Waals surface area contributed by atoms with Gasteiger partial charge in [-0.3, -0.25) is 4.79 Å². The Bertz CT molecular complexity index is 1370. The molecule has 0 aromatic heterocycles. The third kappa shape index (κ3) is 5.26. The number of fused-ring (bicyclic) bond motifs is 1. The van der Waals surface area contributed by atoms with Crippen LogP contribution >= 0.6 is 0 Å². The molecule has 3 rings (SSSR count). The number of carbonyl (C=O) groups is 2. The van der Waals surface area contributed by atoms with Gasteiger partial charge < -0.3 is 33.5 Å². The molecule has 9 nitrogen and oxygen atoms in total. The fourth-order valence-electron chi connectivity index (χ4n) is 4.89. The van der Waals surface area contributed by atoms with Gasteiger partial charge in [-0.25, -0.2) is 4.79 Å². The lowest BCUT2D eigenvalue weighted by atomic mass is 9.84. The smallest absolute Gasteiger partial charge is 0.339 e. The van der Waals surface area contributed by atoms with Crippen LogP contribution in [0.5, 0.6) is 34.5 Å². The van der Waals surface area contributed by atoms with Crippen LogP contribution in [0.4, 0.5) is 0 Å². The van der Waals surface area contributed by atoms with E-state index in [1.807, 2.05) is 13.8 Å². The molecule has 0 aliphatic heterocycles. The van der Waals surface area contributed by atoms with E-state index in [4.69, 9.17) is 28.4 Å². The predicted octanol–water partition coefficient (Wildman–Crippen LogP) is 6.05. The fraction of sp³-hybridized carbons (Fsp3) is 0.400. The number of carbonyl (C=O) groups excluding carboxylic acids is 2. The molecule has 3 aromatic carbocycles. The van der Waals surface area contributed by atoms with Crippen molar-refractivity contribution in [1.29, 1.82) is 0 Å². The summed E-state index contributed by atoms with van der Waals surface area (Å²) in [5.41, 5.74) is 0.595. The highest BCUT2D eigenvalue weighted by Crippen LogP contribution is 2.52. The van der Waals surface area contributed by atoms with Crippen LogP contribution in [0, 0.1) is 5.92 Å². The summed E-state index contributed by atoms with van der Waals surface area (Å²) in [6, 6.07) is 6.66. The third-order valence-corrected chi connectivity index (χ3v) is 7.04. The molecule has 0 bridgehead atoms. The Labute approximate surface area is 228 Å². The van der Waals surface area contributed by atoms with Crippen LogP contribution in [0.15, 0.2) is 24.3 Å². The molecule has 0 saturated heterocycles. The van der Waals surface area contributed by atoms with Gasteiger partial charge in [0.2, 0.25) is 5.75 Å². The summed E-state index contributed by atoms with van der Waals surface area (Å²) in [7, 11) is 8.59. The Kier molecular flexibility index (Phi) is 9.51. The van der Waals surface area contributed by atoms with Crippen molar-refractivity contribution in [3.05, 3.63) is 35.4 Å². The van der Waals surface area contributed by atoms with E-state index in [2.05, 4.69) is 0 Å². The molecule has 0 unspecified atom stereocenters. The zero-order valence-electron chi connectivity index (χ0n) is 23.7. The number of phenolic OH excluding ortho intramolecular Hbond substituents is 1. The van der Waals surface area contributed by atoms with Gasteiger partial charge in [0, 0.05) is 22.8 Å². The minimum absolute atomic E-state index is 0.0718. The van der Waals surface area contributed by atoms with Gasteiger partial charge in [0.25, 0.3) is 0 Å². The van der Waals surface area contributed by atoms with Crippen molar-refractivity contribution in [2.45, 2.75) is 33.1 Å². The molecular weight excluding hydrogens is 504 g/mol. The number of esters is 1. The standard InChI is InChI=1S/C30H36O9/c1-9-16(10-2)13-19(31)25-26(30(33)39-8)23(17-11-12-20(34-3)21(14-17)35-4)24-18(27(25)32)15-22(36-5)28(37-6)29(24)38-7/h11-12,14-16,32H,9-10,13H2,1-8H3. The molecule has 0 aliphatic rings. The molecule has 1 N–H and O–H groups in total. The molecule has 0 fully saturated rings. The number of Topliss-reactive ketones (excluding diaryl/α,β-unsaturated/α-hetero) is 1. The van der Waals surface area contributed by atoms with Crippen LogP contribution in [0.1, 0.15) is 53.8 Å². The lowest BCUT2D eigenvalue weighted by Crippen LogP contribution is -2.16. The van der Waals surface area contributed by atoms with Crippen molar-refractivity contribution in [2.24, 2.45) is 5.92 Å². The summed E-state index contributed by atoms with van der Waals surface area (Å²) in [6.07, 6.45) is 1.68. The van der Waals surface area contributed by atoms with Crippen molar-refractivity contribution in [3.8, 4) is 45.6 Å². The van der Waals surface area contributed by atoms with Gasteiger partial charge in [-0.2, -0.15) is 0 Å². The van der Waals surface area contributed by atoms with E-state index in [-0.39, 0.29) is 57.6 Å². The fourth-order valence-corrected chi connectivity index (χ4v) is 4.89. The number of phenols is 1. The second kappa shape index (κ2) is 12.6. The molecule has 0 saturated carbocycles. The molecular formula is C30H36O9. The average molecular weight is 541 g/mol. The number of aromatic hydroxyl groups is 1. The summed E-state index contributed by atoms with van der Waals surface area (Å²) in [4.78, 5) is 27.3. The number of ketones is 1. The Morgan fingerprint density at radius 1 is 0.769 bits per heavy atom. The van der Waals surface area contributed by atoms with Gasteiger partial charge in [0.1, 0.15) is 5.75 Å². The minimum atomic E-state index is -0.790. The van der Waals surface area contributed by atoms with E-state index >= 15 is 0 Å². The number of methoxy groups -OCH3 is 6. The number of rotatable bonds is 12. The van der Waals surface area contributed by atoms with Gasteiger partial charge in [-0.15, -0.1) is 0 Å². The highest BCUT2D eigenvalue weighted by Gasteiger charge is 2.33. The molecule has 0 atom stereocenters. The average Bonchev–Trinajstić information content (AvgIpc) is 2.97. The Balaban J connectivity index is 2.65. The summed E-state index contributed by atoms with van der Waals surface area (Å²) >= 11 is 0. The summed E-state index contributed by atoms with van der Waals surface area (Å²) in [5, 5.41) is 12.2. The van der Waals surface area contributed by atoms with Gasteiger partial charge >= 0.3 is 5.97 Å². The van der Waals surface area contributed by atoms with E-state index in [0.29, 0.717) is 28.0 Å². The lowest BCUT2D eigenvalue weighted by Gasteiger charge is -2.23. The van der Waals surface area contributed by atoms with Gasteiger partial charge in [0.05, 0.1) is 53.8 Å². The number of benzene rings is 3. The monoisotopic (exact) mass is 540 g/mol. The Morgan fingerprint density at radius 3 is 1.90 bits per heavy atom. The van der Waals surface area contributed by atoms with Crippen LogP contribution in [-0.2, 0) is 4.74 Å². The van der Waals surface area contributed by atoms with E-state index in [0.717, 1.165) is 12.8 Å². The second-order valence-electron chi connectivity index (χ2n) is 8.91. The molecule has 0 radical (unpaired) electrons. The Hall–Kier alpha value is -4.14. The highest BCUT2D eigenvalue weighted by atomic mass is 16.5. The molecule has 0 amide bonds. The van der Waals surface area contributed by atoms with Crippen LogP contribution in [-0.4, -0.2) is 59.5 Å². The molecule has 210 valence electrons. The zero-order valence-corrected chi connectivity index (χ0v) is 23.7. The van der Waals surface area contributed by atoms with Crippen LogP contribution in [0.2, 0.25) is 0 Å². The van der Waals surface area contributed by atoms with Crippen LogP contribution in [0.25, 0.3) is 21.9 Å². The Morgan fingerprint density at radius 2 is 1.38 bits per heavy atom. The quantitative estimate of drug-likeness (QED) is 0.217. The van der Waals surface area contributed by atoms with Crippen molar-refractivity contribution in [3.63, 3.8) is 0 Å².